The third-order valence-corrected chi connectivity index (χ3v) is 7.71. The van der Waals surface area contributed by atoms with Crippen molar-refractivity contribution in [2.45, 2.75) is 11.8 Å². The van der Waals surface area contributed by atoms with Crippen LogP contribution in [0.1, 0.15) is 5.56 Å². The van der Waals surface area contributed by atoms with Crippen LogP contribution in [0.25, 0.3) is 16.7 Å². The fourth-order valence-corrected chi connectivity index (χ4v) is 6.03. The molecule has 13 heteroatoms. The third-order valence-electron chi connectivity index (χ3n) is 5.60. The van der Waals surface area contributed by atoms with Gasteiger partial charge in [0.15, 0.2) is 5.82 Å². The smallest absolute Gasteiger partial charge is 0.319 e. The molecule has 0 aliphatic rings. The van der Waals surface area contributed by atoms with Crippen LogP contribution in [0.4, 0.5) is 11.5 Å². The highest BCUT2D eigenvalue weighted by Crippen LogP contribution is 2.29. The van der Waals surface area contributed by atoms with Gasteiger partial charge in [-0.15, -0.1) is 10.2 Å². The minimum absolute atomic E-state index is 0.0227. The van der Waals surface area contributed by atoms with Crippen LogP contribution in [0, 0.1) is 6.92 Å². The van der Waals surface area contributed by atoms with E-state index in [0.717, 1.165) is 34.0 Å². The number of likely N-dealkylation sites (N-methyl/N-ethyl adjacent to an activating group) is 1. The van der Waals surface area contributed by atoms with Crippen LogP contribution in [0.15, 0.2) is 70.2 Å². The summed E-state index contributed by atoms with van der Waals surface area (Å²) in [6.45, 7) is 2.80. The van der Waals surface area contributed by atoms with Gasteiger partial charge in [0.2, 0.25) is 0 Å². The Hall–Kier alpha value is -3.52. The maximum atomic E-state index is 13.6. The molecule has 0 fully saturated rings. The Morgan fingerprint density at radius 2 is 1.87 bits per heavy atom. The van der Waals surface area contributed by atoms with E-state index in [-0.39, 0.29) is 10.6 Å². The molecule has 4 rings (SSSR count). The lowest BCUT2D eigenvalue weighted by atomic mass is 10.2. The number of anilines is 2. The van der Waals surface area contributed by atoms with E-state index in [1.807, 2.05) is 43.1 Å². The molecular formula is C25H28BrN7O4S. The summed E-state index contributed by atoms with van der Waals surface area (Å²) >= 11 is 3.34. The molecule has 0 saturated heterocycles. The fourth-order valence-electron chi connectivity index (χ4n) is 3.82. The molecule has 0 bridgehead atoms. The number of hydrogen-bond acceptors (Lipinski definition) is 8. The minimum Gasteiger partial charge on any atom is -0.480 e. The number of aliphatic carboxylic acids is 1. The van der Waals surface area contributed by atoms with E-state index in [1.165, 1.54) is 12.1 Å². The fraction of sp³-hybridized carbons (Fsp3) is 0.240. The third kappa shape index (κ3) is 6.30. The highest BCUT2D eigenvalue weighted by molar-refractivity contribution is 9.10. The lowest BCUT2D eigenvalue weighted by Gasteiger charge is -2.25. The zero-order chi connectivity index (χ0) is 27.4. The largest absolute Gasteiger partial charge is 0.480 e. The number of aromatic nitrogens is 3. The van der Waals surface area contributed by atoms with E-state index in [9.17, 15) is 18.3 Å². The average Bonchev–Trinajstić information content (AvgIpc) is 3.27. The second-order valence-corrected chi connectivity index (χ2v) is 11.6. The molecular weight excluding hydrogens is 574 g/mol. The molecule has 0 unspecified atom stereocenters. The quantitative estimate of drug-likeness (QED) is 0.221. The summed E-state index contributed by atoms with van der Waals surface area (Å²) in [5.74, 6) is 0.0765. The van der Waals surface area contributed by atoms with Gasteiger partial charge in [0.1, 0.15) is 12.4 Å². The van der Waals surface area contributed by atoms with Gasteiger partial charge in [0.25, 0.3) is 10.0 Å². The number of halogens is 1. The standard InChI is InChI=1S/C25H28BrN7O4S/c1-17-12-19(26)15-21(13-17)38(36,37)33(28-16-25(34)35)20-4-5-22-18(14-20)8-10-32(22)24-7-6-23(29-30-24)27-9-11-31(2)3/h4-8,10,12-15,28H,9,11,16H2,1-3H3,(H,27,29)(H,34,35). The molecule has 0 amide bonds. The van der Waals surface area contributed by atoms with Crippen molar-refractivity contribution in [2.24, 2.45) is 0 Å². The van der Waals surface area contributed by atoms with E-state index >= 15 is 0 Å². The van der Waals surface area contributed by atoms with Gasteiger partial charge in [-0.2, -0.15) is 12.8 Å². The van der Waals surface area contributed by atoms with Gasteiger partial charge in [0.05, 0.1) is 16.1 Å². The van der Waals surface area contributed by atoms with Gasteiger partial charge >= 0.3 is 5.97 Å². The molecule has 2 heterocycles. The van der Waals surface area contributed by atoms with E-state index in [1.54, 1.807) is 31.2 Å². The maximum Gasteiger partial charge on any atom is 0.319 e. The van der Waals surface area contributed by atoms with Crippen molar-refractivity contribution in [1.82, 2.24) is 25.1 Å². The van der Waals surface area contributed by atoms with Crippen LogP contribution in [0.3, 0.4) is 0 Å². The number of hydrazine groups is 1. The number of carbonyl (C=O) groups is 1. The average molecular weight is 603 g/mol. The van der Waals surface area contributed by atoms with Gasteiger partial charge in [-0.05, 0) is 81.2 Å². The molecule has 2 aromatic carbocycles. The summed E-state index contributed by atoms with van der Waals surface area (Å²) in [6.07, 6.45) is 1.82. The SMILES string of the molecule is Cc1cc(Br)cc(S(=O)(=O)N(NCC(=O)O)c2ccc3c(ccn3-c3ccc(NCCN(C)C)nn3)c2)c1. The number of rotatable bonds is 11. The highest BCUT2D eigenvalue weighted by atomic mass is 79.9. The first kappa shape index (κ1) is 27.5. The maximum absolute atomic E-state index is 13.6. The summed E-state index contributed by atoms with van der Waals surface area (Å²) in [6, 6.07) is 15.4. The topological polar surface area (TPSA) is 133 Å². The molecule has 0 aliphatic carbocycles. The molecule has 0 aliphatic heterocycles. The van der Waals surface area contributed by atoms with E-state index in [4.69, 9.17) is 0 Å². The Morgan fingerprint density at radius 1 is 1.08 bits per heavy atom. The Kier molecular flexibility index (Phi) is 8.31. The molecule has 200 valence electrons. The minimum atomic E-state index is -4.14. The predicted octanol–water partition coefficient (Wildman–Crippen LogP) is 3.25. The monoisotopic (exact) mass is 601 g/mol. The number of hydrogen-bond donors (Lipinski definition) is 3. The lowest BCUT2D eigenvalue weighted by molar-refractivity contribution is -0.135. The van der Waals surface area contributed by atoms with Crippen LogP contribution < -0.4 is 15.2 Å². The number of aryl methyl sites for hydroxylation is 1. The second-order valence-electron chi connectivity index (χ2n) is 8.90. The van der Waals surface area contributed by atoms with E-state index in [2.05, 4.69) is 41.8 Å². The molecule has 4 aromatic rings. The highest BCUT2D eigenvalue weighted by Gasteiger charge is 2.27. The van der Waals surface area contributed by atoms with Crippen LogP contribution in [0.5, 0.6) is 0 Å². The molecule has 11 nitrogen and oxygen atoms in total. The Bertz CT molecular complexity index is 1540. The summed E-state index contributed by atoms with van der Waals surface area (Å²) in [7, 11) is -0.142. The van der Waals surface area contributed by atoms with E-state index < -0.39 is 22.5 Å². The Labute approximate surface area is 229 Å². The molecule has 38 heavy (non-hydrogen) atoms. The van der Waals surface area contributed by atoms with Crippen LogP contribution >= 0.6 is 15.9 Å². The number of nitrogens with one attached hydrogen (secondary N) is 2. The first-order valence-corrected chi connectivity index (χ1v) is 13.9. The molecule has 3 N–H and O–H groups in total. The predicted molar refractivity (Wildman–Crippen MR) is 150 cm³/mol. The number of sulfonamides is 1. The normalized spacial score (nSPS) is 11.7. The van der Waals surface area contributed by atoms with Gasteiger partial charge in [-0.3, -0.25) is 9.36 Å². The molecule has 2 aromatic heterocycles. The van der Waals surface area contributed by atoms with Gasteiger partial charge in [0, 0.05) is 29.1 Å². The molecule has 0 saturated carbocycles. The van der Waals surface area contributed by atoms with Crippen LogP contribution in [0.2, 0.25) is 0 Å². The number of benzene rings is 2. The van der Waals surface area contributed by atoms with Gasteiger partial charge in [-0.25, -0.2) is 5.43 Å². The first-order chi connectivity index (χ1) is 18.0. The lowest BCUT2D eigenvalue weighted by Crippen LogP contribution is -2.45. The van der Waals surface area contributed by atoms with Crippen LogP contribution in [-0.4, -0.2) is 72.9 Å². The van der Waals surface area contributed by atoms with Crippen molar-refractivity contribution in [1.29, 1.82) is 0 Å². The van der Waals surface area contributed by atoms with Crippen molar-refractivity contribution >= 4 is 54.3 Å². The van der Waals surface area contributed by atoms with Gasteiger partial charge < -0.3 is 15.3 Å². The number of carboxylic acid groups (broad SMARTS) is 1. The summed E-state index contributed by atoms with van der Waals surface area (Å²) in [4.78, 5) is 13.4. The first-order valence-electron chi connectivity index (χ1n) is 11.7. The number of carboxylic acids is 1. The number of nitrogens with zero attached hydrogens (tertiary/aromatic N) is 5. The summed E-state index contributed by atoms with van der Waals surface area (Å²) < 4.78 is 30.5. The second kappa shape index (κ2) is 11.5. The van der Waals surface area contributed by atoms with E-state index in [0.29, 0.717) is 16.1 Å². The zero-order valence-corrected chi connectivity index (χ0v) is 23.5. The van der Waals surface area contributed by atoms with Crippen molar-refractivity contribution in [2.75, 3.05) is 43.5 Å². The van der Waals surface area contributed by atoms with Gasteiger partial charge in [-0.1, -0.05) is 15.9 Å². The number of fused-ring (bicyclic) bond motifs is 1. The summed E-state index contributed by atoms with van der Waals surface area (Å²) in [5.41, 5.74) is 4.32. The molecule has 0 atom stereocenters. The zero-order valence-electron chi connectivity index (χ0n) is 21.1. The Balaban J connectivity index is 1.66. The van der Waals surface area contributed by atoms with Crippen LogP contribution in [-0.2, 0) is 14.8 Å². The van der Waals surface area contributed by atoms with Crippen molar-refractivity contribution in [3.8, 4) is 5.82 Å². The van der Waals surface area contributed by atoms with Crippen molar-refractivity contribution in [3.63, 3.8) is 0 Å². The molecule has 0 radical (unpaired) electrons. The van der Waals surface area contributed by atoms with Crippen molar-refractivity contribution in [3.05, 3.63) is 70.8 Å². The Morgan fingerprint density at radius 3 is 2.53 bits per heavy atom. The summed E-state index contributed by atoms with van der Waals surface area (Å²) in [5, 5.41) is 21.7. The van der Waals surface area contributed by atoms with Crippen molar-refractivity contribution < 1.29 is 18.3 Å². The molecule has 0 spiro atoms.